The molecule has 1 atom stereocenters. The van der Waals surface area contributed by atoms with Gasteiger partial charge in [-0.05, 0) is 11.0 Å². The first-order chi connectivity index (χ1) is 12.2. The van der Waals surface area contributed by atoms with Gasteiger partial charge in [-0.15, -0.1) is 0 Å². The number of benzene rings is 1. The van der Waals surface area contributed by atoms with E-state index in [9.17, 15) is 14.4 Å². The van der Waals surface area contributed by atoms with E-state index >= 15 is 0 Å². The first kappa shape index (κ1) is 19.9. The first-order valence-electron chi connectivity index (χ1n) is 9.11. The molecule has 6 nitrogen and oxygen atoms in total. The van der Waals surface area contributed by atoms with E-state index < -0.39 is 0 Å². The molecule has 0 spiro atoms. The van der Waals surface area contributed by atoms with Crippen LogP contribution in [-0.4, -0.2) is 42.3 Å². The van der Waals surface area contributed by atoms with Crippen LogP contribution in [0.4, 0.5) is 0 Å². The molecule has 1 fully saturated rings. The summed E-state index contributed by atoms with van der Waals surface area (Å²) in [6.45, 7) is 7.77. The Balaban J connectivity index is 1.70. The van der Waals surface area contributed by atoms with Gasteiger partial charge in [-0.1, -0.05) is 51.1 Å². The van der Waals surface area contributed by atoms with Gasteiger partial charge in [0, 0.05) is 39.0 Å². The van der Waals surface area contributed by atoms with Crippen molar-refractivity contribution in [2.75, 3.05) is 19.6 Å². The highest BCUT2D eigenvalue weighted by Gasteiger charge is 2.33. The lowest BCUT2D eigenvalue weighted by atomic mass is 9.92. The molecule has 142 valence electrons. The van der Waals surface area contributed by atoms with Gasteiger partial charge in [0.2, 0.25) is 17.7 Å². The lowest BCUT2D eigenvalue weighted by Crippen LogP contribution is -2.39. The third kappa shape index (κ3) is 6.50. The minimum atomic E-state index is -0.323. The van der Waals surface area contributed by atoms with Gasteiger partial charge in [-0.3, -0.25) is 14.4 Å². The number of carbonyl (C=O) groups excluding carboxylic acids is 3. The van der Waals surface area contributed by atoms with Crippen LogP contribution in [0.25, 0.3) is 0 Å². The Labute approximate surface area is 155 Å². The Hall–Kier alpha value is -2.37. The van der Waals surface area contributed by atoms with Crippen LogP contribution in [0.5, 0.6) is 0 Å². The minimum Gasteiger partial charge on any atom is -0.354 e. The maximum atomic E-state index is 12.3. The fraction of sp³-hybridized carbons (Fsp3) is 0.550. The average molecular weight is 359 g/mol. The number of amides is 3. The molecule has 1 aliphatic rings. The third-order valence-corrected chi connectivity index (χ3v) is 4.24. The summed E-state index contributed by atoms with van der Waals surface area (Å²) >= 11 is 0. The number of nitrogens with one attached hydrogen (secondary N) is 2. The van der Waals surface area contributed by atoms with Crippen LogP contribution in [0.1, 0.15) is 39.2 Å². The molecule has 1 unspecified atom stereocenters. The summed E-state index contributed by atoms with van der Waals surface area (Å²) in [6, 6.07) is 9.76. The molecule has 1 saturated heterocycles. The van der Waals surface area contributed by atoms with Crippen molar-refractivity contribution in [1.29, 1.82) is 0 Å². The molecule has 26 heavy (non-hydrogen) atoms. The predicted octanol–water partition coefficient (Wildman–Crippen LogP) is 1.70. The Kier molecular flexibility index (Phi) is 6.77. The number of carbonyl (C=O) groups is 3. The molecule has 0 bridgehead atoms. The van der Waals surface area contributed by atoms with E-state index in [0.29, 0.717) is 32.6 Å². The van der Waals surface area contributed by atoms with Gasteiger partial charge in [0.15, 0.2) is 0 Å². The summed E-state index contributed by atoms with van der Waals surface area (Å²) < 4.78 is 0. The lowest BCUT2D eigenvalue weighted by molar-refractivity contribution is -0.129. The molecule has 1 aromatic rings. The Morgan fingerprint density at radius 1 is 1.12 bits per heavy atom. The summed E-state index contributed by atoms with van der Waals surface area (Å²) in [7, 11) is 0. The van der Waals surface area contributed by atoms with E-state index in [0.717, 1.165) is 5.56 Å². The summed E-state index contributed by atoms with van der Waals surface area (Å²) in [5, 5.41) is 5.62. The second kappa shape index (κ2) is 8.83. The fourth-order valence-corrected chi connectivity index (χ4v) is 2.98. The molecular weight excluding hydrogens is 330 g/mol. The molecule has 3 amide bonds. The van der Waals surface area contributed by atoms with Crippen molar-refractivity contribution < 1.29 is 14.4 Å². The Morgan fingerprint density at radius 3 is 2.42 bits per heavy atom. The van der Waals surface area contributed by atoms with E-state index in [2.05, 4.69) is 10.6 Å². The summed E-state index contributed by atoms with van der Waals surface area (Å²) in [5.41, 5.74) is 1.00. The largest absolute Gasteiger partial charge is 0.354 e. The molecule has 1 aliphatic heterocycles. The zero-order valence-corrected chi connectivity index (χ0v) is 15.9. The molecule has 6 heteroatoms. The second-order valence-electron chi connectivity index (χ2n) is 8.04. The van der Waals surface area contributed by atoms with E-state index in [4.69, 9.17) is 0 Å². The van der Waals surface area contributed by atoms with Gasteiger partial charge in [-0.25, -0.2) is 0 Å². The molecule has 1 aromatic carbocycles. The van der Waals surface area contributed by atoms with Crippen LogP contribution in [-0.2, 0) is 20.9 Å². The highest BCUT2D eigenvalue weighted by Crippen LogP contribution is 2.20. The van der Waals surface area contributed by atoms with Gasteiger partial charge in [-0.2, -0.15) is 0 Å². The molecule has 2 rings (SSSR count). The third-order valence-electron chi connectivity index (χ3n) is 4.24. The van der Waals surface area contributed by atoms with Gasteiger partial charge in [0.05, 0.1) is 5.92 Å². The predicted molar refractivity (Wildman–Crippen MR) is 100 cm³/mol. The standard InChI is InChI=1S/C20H29N3O3/c1-20(2,3)12-17(24)21-9-10-22-19(26)16-11-18(25)23(14-16)13-15-7-5-4-6-8-15/h4-8,16H,9-14H2,1-3H3,(H,21,24)(H,22,26). The Morgan fingerprint density at radius 2 is 1.77 bits per heavy atom. The van der Waals surface area contributed by atoms with Crippen molar-refractivity contribution in [3.05, 3.63) is 35.9 Å². The molecule has 0 aromatic heterocycles. The Bertz CT molecular complexity index is 637. The highest BCUT2D eigenvalue weighted by atomic mass is 16.2. The molecule has 0 aliphatic carbocycles. The summed E-state index contributed by atoms with van der Waals surface area (Å²) in [4.78, 5) is 37.9. The van der Waals surface area contributed by atoms with Crippen molar-refractivity contribution in [3.8, 4) is 0 Å². The van der Waals surface area contributed by atoms with Crippen molar-refractivity contribution in [2.24, 2.45) is 11.3 Å². The van der Waals surface area contributed by atoms with Crippen molar-refractivity contribution in [3.63, 3.8) is 0 Å². The quantitative estimate of drug-likeness (QED) is 0.728. The smallest absolute Gasteiger partial charge is 0.225 e. The van der Waals surface area contributed by atoms with Crippen LogP contribution in [0.2, 0.25) is 0 Å². The molecule has 1 heterocycles. The van der Waals surface area contributed by atoms with Crippen molar-refractivity contribution in [1.82, 2.24) is 15.5 Å². The zero-order chi connectivity index (χ0) is 19.2. The van der Waals surface area contributed by atoms with Gasteiger partial charge < -0.3 is 15.5 Å². The van der Waals surface area contributed by atoms with Crippen LogP contribution in [0.15, 0.2) is 30.3 Å². The summed E-state index contributed by atoms with van der Waals surface area (Å²) in [6.07, 6.45) is 0.696. The number of hydrogen-bond acceptors (Lipinski definition) is 3. The molecular formula is C20H29N3O3. The van der Waals surface area contributed by atoms with Crippen LogP contribution >= 0.6 is 0 Å². The second-order valence-corrected chi connectivity index (χ2v) is 8.04. The molecule has 0 radical (unpaired) electrons. The van der Waals surface area contributed by atoms with Crippen LogP contribution < -0.4 is 10.6 Å². The minimum absolute atomic E-state index is 0.00693. The number of nitrogens with zero attached hydrogens (tertiary/aromatic N) is 1. The van der Waals surface area contributed by atoms with Crippen molar-refractivity contribution in [2.45, 2.75) is 40.2 Å². The number of likely N-dealkylation sites (tertiary alicyclic amines) is 1. The van der Waals surface area contributed by atoms with Gasteiger partial charge >= 0.3 is 0 Å². The van der Waals surface area contributed by atoms with E-state index in [1.807, 2.05) is 51.1 Å². The van der Waals surface area contributed by atoms with Gasteiger partial charge in [0.1, 0.15) is 0 Å². The molecule has 0 saturated carbocycles. The van der Waals surface area contributed by atoms with E-state index in [-0.39, 0.29) is 35.5 Å². The number of rotatable bonds is 7. The van der Waals surface area contributed by atoms with E-state index in [1.165, 1.54) is 0 Å². The summed E-state index contributed by atoms with van der Waals surface area (Å²) in [5.74, 6) is -0.459. The van der Waals surface area contributed by atoms with Crippen LogP contribution in [0, 0.1) is 11.3 Å². The number of hydrogen-bond donors (Lipinski definition) is 2. The zero-order valence-electron chi connectivity index (χ0n) is 15.9. The van der Waals surface area contributed by atoms with E-state index in [1.54, 1.807) is 4.90 Å². The fourth-order valence-electron chi connectivity index (χ4n) is 2.98. The van der Waals surface area contributed by atoms with Gasteiger partial charge in [0.25, 0.3) is 0 Å². The maximum Gasteiger partial charge on any atom is 0.225 e. The normalized spacial score (nSPS) is 17.3. The maximum absolute atomic E-state index is 12.3. The van der Waals surface area contributed by atoms with Crippen LogP contribution in [0.3, 0.4) is 0 Å². The SMILES string of the molecule is CC(C)(C)CC(=O)NCCNC(=O)C1CC(=O)N(Cc2ccccc2)C1. The topological polar surface area (TPSA) is 78.5 Å². The van der Waals surface area contributed by atoms with Crippen molar-refractivity contribution >= 4 is 17.7 Å². The monoisotopic (exact) mass is 359 g/mol. The lowest BCUT2D eigenvalue weighted by Gasteiger charge is -2.18. The molecule has 2 N–H and O–H groups in total. The average Bonchev–Trinajstić information content (AvgIpc) is 2.92. The first-order valence-corrected chi connectivity index (χ1v) is 9.11. The highest BCUT2D eigenvalue weighted by molar-refractivity contribution is 5.89.